The Bertz CT molecular complexity index is 1440. The normalized spacial score (nSPS) is 12.5. The number of esters is 3. The molecule has 0 amide bonds. The summed E-state index contributed by atoms with van der Waals surface area (Å²) >= 11 is 0. The number of hydrogen-bond donors (Lipinski definition) is 0. The van der Waals surface area contributed by atoms with E-state index in [1.165, 1.54) is 212 Å². The van der Waals surface area contributed by atoms with Crippen LogP contribution in [0.25, 0.3) is 0 Å². The van der Waals surface area contributed by atoms with E-state index in [1.54, 1.807) is 0 Å². The number of allylic oxidation sites excluding steroid dienone is 12. The highest BCUT2D eigenvalue weighted by Crippen LogP contribution is 2.17. The fourth-order valence-corrected chi connectivity index (χ4v) is 9.88. The molecule has 1 unspecified atom stereocenters. The van der Waals surface area contributed by atoms with Gasteiger partial charge < -0.3 is 14.2 Å². The van der Waals surface area contributed by atoms with Gasteiger partial charge in [0.25, 0.3) is 0 Å². The van der Waals surface area contributed by atoms with Gasteiger partial charge in [-0.05, 0) is 89.9 Å². The molecule has 78 heavy (non-hydrogen) atoms. The molecule has 0 aromatic rings. The van der Waals surface area contributed by atoms with Gasteiger partial charge in [0.05, 0.1) is 0 Å². The van der Waals surface area contributed by atoms with E-state index in [0.717, 1.165) is 96.3 Å². The average Bonchev–Trinajstić information content (AvgIpc) is 3.44. The molecule has 6 nitrogen and oxygen atoms in total. The average molecular weight is 1090 g/mol. The zero-order valence-electron chi connectivity index (χ0n) is 51.9. The Labute approximate surface area is 484 Å². The Morgan fingerprint density at radius 1 is 0.269 bits per heavy atom. The molecule has 0 aromatic heterocycles. The van der Waals surface area contributed by atoms with Crippen LogP contribution in [0.15, 0.2) is 72.9 Å². The first-order valence-electron chi connectivity index (χ1n) is 33.9. The maximum absolute atomic E-state index is 12.9. The Balaban J connectivity index is 4.03. The molecule has 0 aliphatic carbocycles. The molecule has 0 rings (SSSR count). The summed E-state index contributed by atoms with van der Waals surface area (Å²) in [6.45, 7) is 6.54. The van der Waals surface area contributed by atoms with E-state index in [2.05, 4.69) is 93.7 Å². The zero-order valence-corrected chi connectivity index (χ0v) is 51.9. The number of ether oxygens (including phenoxy) is 3. The topological polar surface area (TPSA) is 78.9 Å². The predicted molar refractivity (Wildman–Crippen MR) is 339 cm³/mol. The summed E-state index contributed by atoms with van der Waals surface area (Å²) in [6.07, 6.45) is 86.6. The molecule has 0 saturated carbocycles. The van der Waals surface area contributed by atoms with Crippen molar-refractivity contribution in [2.45, 2.75) is 354 Å². The zero-order chi connectivity index (χ0) is 56.4. The molecular formula is C72H128O6. The van der Waals surface area contributed by atoms with Gasteiger partial charge in [-0.1, -0.05) is 312 Å². The fraction of sp³-hybridized carbons (Fsp3) is 0.792. The van der Waals surface area contributed by atoms with Crippen molar-refractivity contribution in [2.24, 2.45) is 0 Å². The molecule has 6 heteroatoms. The molecule has 0 saturated heterocycles. The molecule has 0 N–H and O–H groups in total. The van der Waals surface area contributed by atoms with Crippen molar-refractivity contribution in [1.29, 1.82) is 0 Å². The third kappa shape index (κ3) is 63.7. The van der Waals surface area contributed by atoms with E-state index in [0.29, 0.717) is 19.3 Å². The molecule has 1 atom stereocenters. The summed E-state index contributed by atoms with van der Waals surface area (Å²) in [5.41, 5.74) is 0. The third-order valence-electron chi connectivity index (χ3n) is 14.9. The second-order valence-electron chi connectivity index (χ2n) is 22.7. The SMILES string of the molecule is CC/C=C\C/C=C\C/C=C\C/C=C\C/C=C\CCCCCCCCCCCCCCCCCCCCCC(=O)OCC(COC(=O)CCCCCCCCCCC)OC(=O)CCCCCCC/C=C\CCCCCCCCC. The smallest absolute Gasteiger partial charge is 0.306 e. The lowest BCUT2D eigenvalue weighted by Gasteiger charge is -2.18. The lowest BCUT2D eigenvalue weighted by molar-refractivity contribution is -0.167. The lowest BCUT2D eigenvalue weighted by Crippen LogP contribution is -2.30. The van der Waals surface area contributed by atoms with Crippen molar-refractivity contribution in [3.8, 4) is 0 Å². The summed E-state index contributed by atoms with van der Waals surface area (Å²) in [7, 11) is 0. The van der Waals surface area contributed by atoms with Crippen molar-refractivity contribution in [3.05, 3.63) is 72.9 Å². The van der Waals surface area contributed by atoms with Crippen LogP contribution >= 0.6 is 0 Å². The number of unbranched alkanes of at least 4 members (excludes halogenated alkanes) is 39. The molecule has 0 fully saturated rings. The molecule has 0 aliphatic heterocycles. The van der Waals surface area contributed by atoms with Crippen LogP contribution in [0.4, 0.5) is 0 Å². The van der Waals surface area contributed by atoms with Crippen LogP contribution in [-0.2, 0) is 28.6 Å². The molecular weight excluding hydrogens is 961 g/mol. The summed E-state index contributed by atoms with van der Waals surface area (Å²) in [5, 5.41) is 0. The van der Waals surface area contributed by atoms with E-state index < -0.39 is 6.10 Å². The minimum Gasteiger partial charge on any atom is -0.462 e. The van der Waals surface area contributed by atoms with Gasteiger partial charge in [-0.2, -0.15) is 0 Å². The highest BCUT2D eigenvalue weighted by atomic mass is 16.6. The van der Waals surface area contributed by atoms with Crippen LogP contribution in [0, 0.1) is 0 Å². The van der Waals surface area contributed by atoms with Crippen molar-refractivity contribution < 1.29 is 28.6 Å². The Morgan fingerprint density at radius 2 is 0.500 bits per heavy atom. The molecule has 0 bridgehead atoms. The predicted octanol–water partition coefficient (Wildman–Crippen LogP) is 23.3. The summed E-state index contributed by atoms with van der Waals surface area (Å²) in [5.74, 6) is -0.865. The van der Waals surface area contributed by atoms with Crippen LogP contribution in [0.1, 0.15) is 348 Å². The number of hydrogen-bond acceptors (Lipinski definition) is 6. The molecule has 0 radical (unpaired) electrons. The molecule has 0 heterocycles. The van der Waals surface area contributed by atoms with Gasteiger partial charge in [0.15, 0.2) is 6.10 Å². The standard InChI is InChI=1S/C72H128O6/c1-4-7-10-13-16-19-21-23-25-27-28-29-30-31-32-33-34-35-36-37-38-39-40-41-42-43-44-45-47-48-50-53-56-59-62-65-71(74)77-68-69(67-76-70(73)64-61-58-55-52-18-15-12-9-6-3)78-72(75)66-63-60-57-54-51-49-46-26-24-22-20-17-14-11-8-5-2/h7,10,16,19,23,25-26,28-29,31-32,46,69H,4-6,8-9,11-15,17-18,20-22,24,27,30,33-45,47-68H2,1-3H3/b10-7-,19-16-,25-23-,29-28-,32-31-,46-26-. The molecule has 452 valence electrons. The maximum Gasteiger partial charge on any atom is 0.306 e. The van der Waals surface area contributed by atoms with Gasteiger partial charge in [0.2, 0.25) is 0 Å². The third-order valence-corrected chi connectivity index (χ3v) is 14.9. The van der Waals surface area contributed by atoms with Crippen molar-refractivity contribution in [3.63, 3.8) is 0 Å². The summed E-state index contributed by atoms with van der Waals surface area (Å²) in [6, 6.07) is 0. The second-order valence-corrected chi connectivity index (χ2v) is 22.7. The molecule has 0 spiro atoms. The van der Waals surface area contributed by atoms with Gasteiger partial charge in [0, 0.05) is 19.3 Å². The van der Waals surface area contributed by atoms with Crippen molar-refractivity contribution >= 4 is 17.9 Å². The van der Waals surface area contributed by atoms with Crippen LogP contribution in [0.5, 0.6) is 0 Å². The Morgan fingerprint density at radius 3 is 0.795 bits per heavy atom. The van der Waals surface area contributed by atoms with E-state index in [1.807, 2.05) is 0 Å². The first kappa shape index (κ1) is 74.8. The second kappa shape index (κ2) is 66.4. The quantitative estimate of drug-likeness (QED) is 0.0261. The van der Waals surface area contributed by atoms with E-state index >= 15 is 0 Å². The number of rotatable bonds is 62. The van der Waals surface area contributed by atoms with Crippen LogP contribution < -0.4 is 0 Å². The first-order chi connectivity index (χ1) is 38.5. The molecule has 0 aliphatic rings. The van der Waals surface area contributed by atoms with Crippen LogP contribution in [0.3, 0.4) is 0 Å². The first-order valence-corrected chi connectivity index (χ1v) is 33.9. The lowest BCUT2D eigenvalue weighted by atomic mass is 10.0. The van der Waals surface area contributed by atoms with Gasteiger partial charge in [-0.3, -0.25) is 14.4 Å². The summed E-state index contributed by atoms with van der Waals surface area (Å²) < 4.78 is 16.9. The monoisotopic (exact) mass is 1090 g/mol. The van der Waals surface area contributed by atoms with E-state index in [4.69, 9.17) is 14.2 Å². The van der Waals surface area contributed by atoms with E-state index in [9.17, 15) is 14.4 Å². The minimum atomic E-state index is -0.774. The van der Waals surface area contributed by atoms with Crippen LogP contribution in [-0.4, -0.2) is 37.2 Å². The Hall–Kier alpha value is -3.15. The Kier molecular flexibility index (Phi) is 63.7. The number of carbonyl (C=O) groups excluding carboxylic acids is 3. The van der Waals surface area contributed by atoms with Crippen LogP contribution in [0.2, 0.25) is 0 Å². The largest absolute Gasteiger partial charge is 0.462 e. The minimum absolute atomic E-state index is 0.0727. The van der Waals surface area contributed by atoms with Gasteiger partial charge >= 0.3 is 17.9 Å². The molecule has 0 aromatic carbocycles. The number of carbonyl (C=O) groups is 3. The van der Waals surface area contributed by atoms with E-state index in [-0.39, 0.29) is 31.1 Å². The highest BCUT2D eigenvalue weighted by molar-refractivity contribution is 5.71. The van der Waals surface area contributed by atoms with Gasteiger partial charge in [0.1, 0.15) is 13.2 Å². The highest BCUT2D eigenvalue weighted by Gasteiger charge is 2.19. The fourth-order valence-electron chi connectivity index (χ4n) is 9.88. The van der Waals surface area contributed by atoms with Gasteiger partial charge in [-0.25, -0.2) is 0 Å². The van der Waals surface area contributed by atoms with Gasteiger partial charge in [-0.15, -0.1) is 0 Å². The summed E-state index contributed by atoms with van der Waals surface area (Å²) in [4.78, 5) is 38.2. The maximum atomic E-state index is 12.9. The van der Waals surface area contributed by atoms with Crippen molar-refractivity contribution in [2.75, 3.05) is 13.2 Å². The van der Waals surface area contributed by atoms with Crippen molar-refractivity contribution in [1.82, 2.24) is 0 Å².